The van der Waals surface area contributed by atoms with Crippen molar-refractivity contribution >= 4 is 28.6 Å². The number of hydrogen-bond acceptors (Lipinski definition) is 2. The Labute approximate surface area is 145 Å². The Morgan fingerprint density at radius 3 is 2.62 bits per heavy atom. The van der Waals surface area contributed by atoms with Crippen LogP contribution in [0.5, 0.6) is 0 Å². The van der Waals surface area contributed by atoms with Gasteiger partial charge in [-0.25, -0.2) is 4.98 Å². The van der Waals surface area contributed by atoms with Crippen molar-refractivity contribution in [3.05, 3.63) is 64.4 Å². The molecule has 1 heterocycles. The number of carboxylic acids is 1. The molecule has 0 bridgehead atoms. The number of carboxylic acid groups (broad SMARTS) is 1. The molecule has 5 heteroatoms. The molecule has 0 fully saturated rings. The number of aromatic nitrogens is 2. The maximum atomic E-state index is 11.1. The molecular weight excluding hydrogens is 324 g/mol. The fraction of sp³-hybridized carbons (Fsp3) is 0.263. The Hall–Kier alpha value is -2.33. The highest BCUT2D eigenvalue weighted by Crippen LogP contribution is 2.27. The number of halogens is 1. The molecule has 1 aromatic heterocycles. The number of fused-ring (bicyclic) bond motifs is 1. The predicted octanol–water partition coefficient (Wildman–Crippen LogP) is 4.62. The van der Waals surface area contributed by atoms with Crippen LogP contribution in [0.25, 0.3) is 11.0 Å². The van der Waals surface area contributed by atoms with E-state index in [0.29, 0.717) is 11.4 Å². The van der Waals surface area contributed by atoms with E-state index in [2.05, 4.69) is 31.2 Å². The van der Waals surface area contributed by atoms with Crippen LogP contribution in [0.4, 0.5) is 0 Å². The third-order valence-corrected chi connectivity index (χ3v) is 4.35. The molecule has 4 nitrogen and oxygen atoms in total. The minimum Gasteiger partial charge on any atom is -0.481 e. The zero-order chi connectivity index (χ0) is 17.3. The van der Waals surface area contributed by atoms with Gasteiger partial charge >= 0.3 is 5.97 Å². The molecule has 0 aliphatic rings. The van der Waals surface area contributed by atoms with Crippen molar-refractivity contribution in [1.29, 1.82) is 0 Å². The number of aliphatic carboxylic acids is 1. The number of imidazole rings is 1. The average molecular weight is 343 g/mol. The summed E-state index contributed by atoms with van der Waals surface area (Å²) in [5.74, 6) is 0.0319. The fourth-order valence-corrected chi connectivity index (χ4v) is 3.14. The van der Waals surface area contributed by atoms with Crippen LogP contribution >= 0.6 is 11.6 Å². The molecule has 3 rings (SSSR count). The first-order valence-corrected chi connectivity index (χ1v) is 8.25. The zero-order valence-electron chi connectivity index (χ0n) is 13.7. The van der Waals surface area contributed by atoms with Gasteiger partial charge < -0.3 is 9.67 Å². The predicted molar refractivity (Wildman–Crippen MR) is 95.7 cm³/mol. The summed E-state index contributed by atoms with van der Waals surface area (Å²) in [5, 5.41) is 9.78. The van der Waals surface area contributed by atoms with E-state index in [1.54, 1.807) is 0 Å². The summed E-state index contributed by atoms with van der Waals surface area (Å²) < 4.78 is 2.01. The molecule has 0 aliphatic carbocycles. The molecule has 0 radical (unpaired) electrons. The van der Waals surface area contributed by atoms with Gasteiger partial charge in [0, 0.05) is 17.5 Å². The monoisotopic (exact) mass is 342 g/mol. The van der Waals surface area contributed by atoms with Crippen molar-refractivity contribution in [2.45, 2.75) is 32.7 Å². The second-order valence-electron chi connectivity index (χ2n) is 6.14. The quantitative estimate of drug-likeness (QED) is 0.735. The molecule has 0 saturated heterocycles. The van der Waals surface area contributed by atoms with Crippen molar-refractivity contribution in [1.82, 2.24) is 9.55 Å². The SMILES string of the molecule is Cc1ccc(Cc2nc3cc(Cl)ccc3n2C(C)CC(=O)O)cc1. The third-order valence-electron chi connectivity index (χ3n) is 4.12. The van der Waals surface area contributed by atoms with Crippen LogP contribution in [0.3, 0.4) is 0 Å². The molecule has 0 aliphatic heterocycles. The molecular formula is C19H19ClN2O2. The lowest BCUT2D eigenvalue weighted by atomic mass is 10.1. The summed E-state index contributed by atoms with van der Waals surface area (Å²) in [7, 11) is 0. The summed E-state index contributed by atoms with van der Waals surface area (Å²) in [6.07, 6.45) is 0.700. The molecule has 3 aromatic rings. The second-order valence-corrected chi connectivity index (χ2v) is 6.58. The minimum atomic E-state index is -0.820. The van der Waals surface area contributed by atoms with Crippen molar-refractivity contribution in [2.24, 2.45) is 0 Å². The third kappa shape index (κ3) is 3.44. The van der Waals surface area contributed by atoms with Crippen molar-refractivity contribution in [3.8, 4) is 0 Å². The van der Waals surface area contributed by atoms with Gasteiger partial charge in [0.1, 0.15) is 5.82 Å². The van der Waals surface area contributed by atoms with Crippen LogP contribution < -0.4 is 0 Å². The summed E-state index contributed by atoms with van der Waals surface area (Å²) in [6.45, 7) is 3.96. The van der Waals surface area contributed by atoms with Crippen molar-refractivity contribution in [2.75, 3.05) is 0 Å². The molecule has 0 saturated carbocycles. The van der Waals surface area contributed by atoms with Crippen molar-refractivity contribution in [3.63, 3.8) is 0 Å². The Morgan fingerprint density at radius 1 is 1.25 bits per heavy atom. The topological polar surface area (TPSA) is 55.1 Å². The van der Waals surface area contributed by atoms with Crippen LogP contribution in [0.15, 0.2) is 42.5 Å². The van der Waals surface area contributed by atoms with Gasteiger partial charge in [-0.1, -0.05) is 41.4 Å². The van der Waals surface area contributed by atoms with Crippen molar-refractivity contribution < 1.29 is 9.90 Å². The lowest BCUT2D eigenvalue weighted by Gasteiger charge is -2.16. The summed E-state index contributed by atoms with van der Waals surface area (Å²) in [4.78, 5) is 15.9. The van der Waals surface area contributed by atoms with Gasteiger partial charge in [-0.15, -0.1) is 0 Å². The van der Waals surface area contributed by atoms with E-state index >= 15 is 0 Å². The highest BCUT2D eigenvalue weighted by Gasteiger charge is 2.18. The normalized spacial score (nSPS) is 12.5. The first-order chi connectivity index (χ1) is 11.4. The molecule has 1 atom stereocenters. The van der Waals surface area contributed by atoms with Crippen LogP contribution in [0, 0.1) is 6.92 Å². The van der Waals surface area contributed by atoms with Crippen LogP contribution in [-0.2, 0) is 11.2 Å². The summed E-state index contributed by atoms with van der Waals surface area (Å²) in [5.41, 5.74) is 4.06. The second kappa shape index (κ2) is 6.65. The fourth-order valence-electron chi connectivity index (χ4n) is 2.97. The smallest absolute Gasteiger partial charge is 0.305 e. The molecule has 2 aromatic carbocycles. The lowest BCUT2D eigenvalue weighted by Crippen LogP contribution is -2.13. The standard InChI is InChI=1S/C19H19ClN2O2/c1-12-3-5-14(6-4-12)10-18-21-16-11-15(20)7-8-17(16)22(18)13(2)9-19(23)24/h3-8,11,13H,9-10H2,1-2H3,(H,23,24). The largest absolute Gasteiger partial charge is 0.481 e. The number of rotatable bonds is 5. The number of carbonyl (C=O) groups is 1. The van der Waals surface area contributed by atoms with Gasteiger partial charge in [-0.05, 0) is 37.6 Å². The minimum absolute atomic E-state index is 0.0506. The number of hydrogen-bond donors (Lipinski definition) is 1. The van der Waals surface area contributed by atoms with Crippen LogP contribution in [0.1, 0.15) is 36.3 Å². The van der Waals surface area contributed by atoms with E-state index in [9.17, 15) is 4.79 Å². The zero-order valence-corrected chi connectivity index (χ0v) is 14.4. The van der Waals surface area contributed by atoms with Gasteiger partial charge in [0.15, 0.2) is 0 Å². The molecule has 0 amide bonds. The van der Waals surface area contributed by atoms with Crippen LogP contribution in [0.2, 0.25) is 5.02 Å². The molecule has 124 valence electrons. The molecule has 0 spiro atoms. The van der Waals surface area contributed by atoms with Crippen LogP contribution in [-0.4, -0.2) is 20.6 Å². The molecule has 1 unspecified atom stereocenters. The summed E-state index contributed by atoms with van der Waals surface area (Å²) in [6, 6.07) is 13.6. The van der Waals surface area contributed by atoms with Gasteiger partial charge in [-0.2, -0.15) is 0 Å². The maximum absolute atomic E-state index is 11.1. The lowest BCUT2D eigenvalue weighted by molar-refractivity contribution is -0.137. The van der Waals surface area contributed by atoms with E-state index < -0.39 is 5.97 Å². The van der Waals surface area contributed by atoms with E-state index in [-0.39, 0.29) is 12.5 Å². The first kappa shape index (κ1) is 16.5. The Morgan fingerprint density at radius 2 is 1.96 bits per heavy atom. The van der Waals surface area contributed by atoms with Gasteiger partial charge in [-0.3, -0.25) is 4.79 Å². The van der Waals surface area contributed by atoms with Gasteiger partial charge in [0.05, 0.1) is 17.5 Å². The van der Waals surface area contributed by atoms with E-state index in [1.807, 2.05) is 29.7 Å². The van der Waals surface area contributed by atoms with Gasteiger partial charge in [0.25, 0.3) is 0 Å². The molecule has 24 heavy (non-hydrogen) atoms. The Balaban J connectivity index is 2.07. The Bertz CT molecular complexity index is 884. The summed E-state index contributed by atoms with van der Waals surface area (Å²) >= 11 is 6.08. The maximum Gasteiger partial charge on any atom is 0.305 e. The van der Waals surface area contributed by atoms with E-state index in [4.69, 9.17) is 21.7 Å². The van der Waals surface area contributed by atoms with E-state index in [1.165, 1.54) is 5.56 Å². The Kier molecular flexibility index (Phi) is 4.58. The number of aryl methyl sites for hydroxylation is 1. The van der Waals surface area contributed by atoms with Gasteiger partial charge in [0.2, 0.25) is 0 Å². The van der Waals surface area contributed by atoms with E-state index in [0.717, 1.165) is 22.4 Å². The molecule has 1 N–H and O–H groups in total. The average Bonchev–Trinajstić information content (AvgIpc) is 2.85. The highest BCUT2D eigenvalue weighted by atomic mass is 35.5. The number of nitrogens with zero attached hydrogens (tertiary/aromatic N) is 2. The highest BCUT2D eigenvalue weighted by molar-refractivity contribution is 6.31. The number of benzene rings is 2. The first-order valence-electron chi connectivity index (χ1n) is 7.87.